The molecule has 21 heavy (non-hydrogen) atoms. The SMILES string of the molecule is CC1CCN(C(=O)NCCCNCc2cccnc2)CC1. The van der Waals surface area contributed by atoms with E-state index in [1.54, 1.807) is 6.20 Å². The smallest absolute Gasteiger partial charge is 0.317 e. The predicted octanol–water partition coefficient (Wildman–Crippen LogP) is 2.00. The molecule has 2 rings (SSSR count). The second kappa shape index (κ2) is 8.62. The zero-order valence-electron chi connectivity index (χ0n) is 12.8. The maximum Gasteiger partial charge on any atom is 0.317 e. The van der Waals surface area contributed by atoms with Gasteiger partial charge in [0.05, 0.1) is 0 Å². The number of carbonyl (C=O) groups is 1. The van der Waals surface area contributed by atoms with Crippen molar-refractivity contribution in [2.75, 3.05) is 26.2 Å². The van der Waals surface area contributed by atoms with Crippen LogP contribution in [0.15, 0.2) is 24.5 Å². The zero-order chi connectivity index (χ0) is 14.9. The molecule has 0 spiro atoms. The van der Waals surface area contributed by atoms with Crippen LogP contribution in [0.5, 0.6) is 0 Å². The molecule has 2 heterocycles. The molecule has 0 aromatic carbocycles. The molecule has 1 aromatic heterocycles. The van der Waals surface area contributed by atoms with Crippen molar-refractivity contribution in [1.29, 1.82) is 0 Å². The fraction of sp³-hybridized carbons (Fsp3) is 0.625. The van der Waals surface area contributed by atoms with Gasteiger partial charge in [-0.25, -0.2) is 4.79 Å². The normalized spacial score (nSPS) is 16.0. The summed E-state index contributed by atoms with van der Waals surface area (Å²) in [6.45, 7) is 6.49. The highest BCUT2D eigenvalue weighted by Crippen LogP contribution is 2.15. The van der Waals surface area contributed by atoms with Crippen molar-refractivity contribution >= 4 is 6.03 Å². The van der Waals surface area contributed by atoms with Gasteiger partial charge in [0.1, 0.15) is 0 Å². The Balaban J connectivity index is 1.50. The van der Waals surface area contributed by atoms with E-state index in [1.165, 1.54) is 5.56 Å². The Labute approximate surface area is 127 Å². The van der Waals surface area contributed by atoms with Gasteiger partial charge in [-0.1, -0.05) is 13.0 Å². The van der Waals surface area contributed by atoms with Crippen LogP contribution >= 0.6 is 0 Å². The summed E-state index contributed by atoms with van der Waals surface area (Å²) in [4.78, 5) is 18.0. The van der Waals surface area contributed by atoms with Gasteiger partial charge in [0.25, 0.3) is 0 Å². The third-order valence-corrected chi connectivity index (χ3v) is 3.93. The van der Waals surface area contributed by atoms with Crippen molar-refractivity contribution in [2.45, 2.75) is 32.7 Å². The van der Waals surface area contributed by atoms with Crippen molar-refractivity contribution < 1.29 is 4.79 Å². The van der Waals surface area contributed by atoms with Crippen LogP contribution in [0.25, 0.3) is 0 Å². The number of piperidine rings is 1. The van der Waals surface area contributed by atoms with Crippen LogP contribution in [-0.4, -0.2) is 42.1 Å². The van der Waals surface area contributed by atoms with Crippen molar-refractivity contribution in [3.05, 3.63) is 30.1 Å². The molecule has 0 aliphatic carbocycles. The van der Waals surface area contributed by atoms with E-state index in [1.807, 2.05) is 17.2 Å². The molecule has 0 atom stereocenters. The number of urea groups is 1. The molecule has 1 aromatic rings. The van der Waals surface area contributed by atoms with E-state index in [2.05, 4.69) is 28.6 Å². The van der Waals surface area contributed by atoms with E-state index >= 15 is 0 Å². The lowest BCUT2D eigenvalue weighted by Gasteiger charge is -2.30. The van der Waals surface area contributed by atoms with Crippen molar-refractivity contribution in [2.24, 2.45) is 5.92 Å². The maximum atomic E-state index is 11.9. The maximum absolute atomic E-state index is 11.9. The van der Waals surface area contributed by atoms with Gasteiger partial charge < -0.3 is 15.5 Å². The van der Waals surface area contributed by atoms with Gasteiger partial charge >= 0.3 is 6.03 Å². The zero-order valence-corrected chi connectivity index (χ0v) is 12.8. The average Bonchev–Trinajstić information content (AvgIpc) is 2.52. The van der Waals surface area contributed by atoms with Crippen LogP contribution in [0, 0.1) is 5.92 Å². The molecule has 2 N–H and O–H groups in total. The molecule has 0 bridgehead atoms. The number of nitrogens with zero attached hydrogens (tertiary/aromatic N) is 2. The molecule has 5 heteroatoms. The van der Waals surface area contributed by atoms with Crippen LogP contribution in [0.1, 0.15) is 31.7 Å². The fourth-order valence-corrected chi connectivity index (χ4v) is 2.47. The van der Waals surface area contributed by atoms with E-state index in [9.17, 15) is 4.79 Å². The molecule has 0 radical (unpaired) electrons. The lowest BCUT2D eigenvalue weighted by atomic mass is 10.00. The van der Waals surface area contributed by atoms with Gasteiger partial charge in [-0.05, 0) is 43.4 Å². The van der Waals surface area contributed by atoms with Crippen LogP contribution in [0.4, 0.5) is 4.79 Å². The van der Waals surface area contributed by atoms with E-state index in [4.69, 9.17) is 0 Å². The number of rotatable bonds is 6. The lowest BCUT2D eigenvalue weighted by molar-refractivity contribution is 0.174. The topological polar surface area (TPSA) is 57.3 Å². The number of aromatic nitrogens is 1. The number of hydrogen-bond acceptors (Lipinski definition) is 3. The fourth-order valence-electron chi connectivity index (χ4n) is 2.47. The Morgan fingerprint density at radius 1 is 1.38 bits per heavy atom. The number of nitrogens with one attached hydrogen (secondary N) is 2. The van der Waals surface area contributed by atoms with Crippen molar-refractivity contribution in [1.82, 2.24) is 20.5 Å². The van der Waals surface area contributed by atoms with Gasteiger partial charge in [0.2, 0.25) is 0 Å². The summed E-state index contributed by atoms with van der Waals surface area (Å²) in [5.74, 6) is 0.755. The molecule has 5 nitrogen and oxygen atoms in total. The summed E-state index contributed by atoms with van der Waals surface area (Å²) in [7, 11) is 0. The summed E-state index contributed by atoms with van der Waals surface area (Å²) in [6, 6.07) is 4.09. The molecular formula is C16H26N4O. The summed E-state index contributed by atoms with van der Waals surface area (Å²) in [5, 5.41) is 6.36. The minimum Gasteiger partial charge on any atom is -0.338 e. The van der Waals surface area contributed by atoms with Crippen molar-refractivity contribution in [3.8, 4) is 0 Å². The second-order valence-corrected chi connectivity index (χ2v) is 5.79. The minimum absolute atomic E-state index is 0.0918. The third-order valence-electron chi connectivity index (χ3n) is 3.93. The highest BCUT2D eigenvalue weighted by Gasteiger charge is 2.19. The summed E-state index contributed by atoms with van der Waals surface area (Å²) < 4.78 is 0. The highest BCUT2D eigenvalue weighted by molar-refractivity contribution is 5.74. The first-order valence-corrected chi connectivity index (χ1v) is 7.88. The van der Waals surface area contributed by atoms with E-state index in [0.29, 0.717) is 0 Å². The Morgan fingerprint density at radius 2 is 2.19 bits per heavy atom. The summed E-state index contributed by atoms with van der Waals surface area (Å²) in [5.41, 5.74) is 1.18. The Bertz CT molecular complexity index is 416. The van der Waals surface area contributed by atoms with Crippen LogP contribution < -0.4 is 10.6 Å². The number of carbonyl (C=O) groups excluding carboxylic acids is 1. The van der Waals surface area contributed by atoms with Crippen LogP contribution in [-0.2, 0) is 6.54 Å². The molecule has 1 fully saturated rings. The Morgan fingerprint density at radius 3 is 2.90 bits per heavy atom. The summed E-state index contributed by atoms with van der Waals surface area (Å²) >= 11 is 0. The van der Waals surface area contributed by atoms with Gasteiger partial charge in [-0.3, -0.25) is 4.98 Å². The first-order valence-electron chi connectivity index (χ1n) is 7.88. The molecule has 2 amide bonds. The monoisotopic (exact) mass is 290 g/mol. The molecule has 0 saturated carbocycles. The number of hydrogen-bond donors (Lipinski definition) is 2. The minimum atomic E-state index is 0.0918. The molecule has 116 valence electrons. The van der Waals surface area contributed by atoms with Gasteiger partial charge in [-0.15, -0.1) is 0 Å². The van der Waals surface area contributed by atoms with E-state index in [-0.39, 0.29) is 6.03 Å². The first-order chi connectivity index (χ1) is 10.3. The van der Waals surface area contributed by atoms with E-state index in [0.717, 1.165) is 57.9 Å². The summed E-state index contributed by atoms with van der Waals surface area (Å²) in [6.07, 6.45) is 6.84. The second-order valence-electron chi connectivity index (χ2n) is 5.79. The molecule has 0 unspecified atom stereocenters. The van der Waals surface area contributed by atoms with Crippen molar-refractivity contribution in [3.63, 3.8) is 0 Å². The van der Waals surface area contributed by atoms with Crippen LogP contribution in [0.2, 0.25) is 0 Å². The quantitative estimate of drug-likeness (QED) is 0.788. The molecular weight excluding hydrogens is 264 g/mol. The number of pyridine rings is 1. The number of amides is 2. The molecule has 1 aliphatic heterocycles. The predicted molar refractivity (Wildman–Crippen MR) is 83.9 cm³/mol. The standard InChI is InChI=1S/C16H26N4O/c1-14-5-10-20(11-6-14)16(21)19-9-3-8-18-13-15-4-2-7-17-12-15/h2,4,7,12,14,18H,3,5-6,8-11,13H2,1H3,(H,19,21). The Hall–Kier alpha value is -1.62. The van der Waals surface area contributed by atoms with E-state index < -0.39 is 0 Å². The van der Waals surface area contributed by atoms with Gasteiger partial charge in [0, 0.05) is 38.6 Å². The van der Waals surface area contributed by atoms with Crippen LogP contribution in [0.3, 0.4) is 0 Å². The van der Waals surface area contributed by atoms with Gasteiger partial charge in [-0.2, -0.15) is 0 Å². The highest BCUT2D eigenvalue weighted by atomic mass is 16.2. The average molecular weight is 290 g/mol. The van der Waals surface area contributed by atoms with Gasteiger partial charge in [0.15, 0.2) is 0 Å². The Kier molecular flexibility index (Phi) is 6.47. The molecule has 1 aliphatic rings. The first kappa shape index (κ1) is 15.8. The largest absolute Gasteiger partial charge is 0.338 e. The third kappa shape index (κ3) is 5.71. The lowest BCUT2D eigenvalue weighted by Crippen LogP contribution is -2.44. The number of likely N-dealkylation sites (tertiary alicyclic amines) is 1. The molecule has 1 saturated heterocycles.